The molecule has 0 aliphatic heterocycles. The molecule has 1 heterocycles. The predicted octanol–water partition coefficient (Wildman–Crippen LogP) is 14.8. The van der Waals surface area contributed by atoms with Gasteiger partial charge in [0.1, 0.15) is 0 Å². The molecule has 0 N–H and O–H groups in total. The molecular weight excluding hydrogens is 647 g/mol. The van der Waals surface area contributed by atoms with Gasteiger partial charge < -0.3 is 4.90 Å². The van der Waals surface area contributed by atoms with Crippen LogP contribution in [0, 0.1) is 0 Å². The van der Waals surface area contributed by atoms with Crippen molar-refractivity contribution in [3.05, 3.63) is 200 Å². The highest BCUT2D eigenvalue weighted by Gasteiger charge is 2.19. The molecule has 0 radical (unpaired) electrons. The van der Waals surface area contributed by atoms with E-state index in [4.69, 9.17) is 0 Å². The quantitative estimate of drug-likeness (QED) is 0.169. The van der Waals surface area contributed by atoms with Gasteiger partial charge in [-0.25, -0.2) is 0 Å². The van der Waals surface area contributed by atoms with Crippen molar-refractivity contribution in [3.8, 4) is 33.4 Å². The highest BCUT2D eigenvalue weighted by Crippen LogP contribution is 2.46. The van der Waals surface area contributed by atoms with Crippen LogP contribution in [0.2, 0.25) is 0 Å². The predicted molar refractivity (Wildman–Crippen MR) is 225 cm³/mol. The summed E-state index contributed by atoms with van der Waals surface area (Å²) in [5.41, 5.74) is 10.8. The van der Waals surface area contributed by atoms with E-state index in [0.717, 1.165) is 17.1 Å². The maximum absolute atomic E-state index is 2.42. The fourth-order valence-electron chi connectivity index (χ4n) is 7.70. The summed E-state index contributed by atoms with van der Waals surface area (Å²) in [4.78, 5) is 2.42. The molecule has 0 saturated heterocycles. The number of nitrogens with zero attached hydrogens (tertiary/aromatic N) is 1. The number of thiophene rings is 1. The van der Waals surface area contributed by atoms with Gasteiger partial charge in [0.2, 0.25) is 0 Å². The van der Waals surface area contributed by atoms with E-state index in [9.17, 15) is 0 Å². The smallest absolute Gasteiger partial charge is 0.0540 e. The summed E-state index contributed by atoms with van der Waals surface area (Å²) in [6.45, 7) is 0. The molecule has 2 heteroatoms. The van der Waals surface area contributed by atoms with Gasteiger partial charge in [0.15, 0.2) is 0 Å². The third-order valence-electron chi connectivity index (χ3n) is 10.3. The summed E-state index contributed by atoms with van der Waals surface area (Å²) in [5, 5.41) is 7.64. The molecule has 0 bridgehead atoms. The Hall–Kier alpha value is -6.48. The number of hydrogen-bond donors (Lipinski definition) is 0. The van der Waals surface area contributed by atoms with Crippen molar-refractivity contribution in [2.45, 2.75) is 0 Å². The number of fused-ring (bicyclic) bond motifs is 6. The Labute approximate surface area is 307 Å². The summed E-state index contributed by atoms with van der Waals surface area (Å²) >= 11 is 1.89. The van der Waals surface area contributed by atoms with Crippen molar-refractivity contribution in [1.29, 1.82) is 0 Å². The van der Waals surface area contributed by atoms with Crippen molar-refractivity contribution in [2.24, 2.45) is 0 Å². The van der Waals surface area contributed by atoms with Crippen molar-refractivity contribution in [2.75, 3.05) is 4.90 Å². The molecule has 52 heavy (non-hydrogen) atoms. The van der Waals surface area contributed by atoms with Crippen LogP contribution in [0.1, 0.15) is 0 Å². The zero-order chi connectivity index (χ0) is 34.4. The average molecular weight is 680 g/mol. The molecule has 0 spiro atoms. The molecule has 0 amide bonds. The number of anilines is 3. The van der Waals surface area contributed by atoms with E-state index < -0.39 is 0 Å². The van der Waals surface area contributed by atoms with Gasteiger partial charge >= 0.3 is 0 Å². The zero-order valence-corrected chi connectivity index (χ0v) is 29.2. The van der Waals surface area contributed by atoms with Crippen LogP contribution in [0.25, 0.3) is 75.1 Å². The van der Waals surface area contributed by atoms with Gasteiger partial charge in [0.05, 0.1) is 5.69 Å². The minimum Gasteiger partial charge on any atom is -0.310 e. The van der Waals surface area contributed by atoms with Gasteiger partial charge in [0, 0.05) is 42.3 Å². The summed E-state index contributed by atoms with van der Waals surface area (Å²) in [6, 6.07) is 72.8. The summed E-state index contributed by atoms with van der Waals surface area (Å²) < 4.78 is 2.62. The Morgan fingerprint density at radius 3 is 1.58 bits per heavy atom. The minimum atomic E-state index is 1.12. The second kappa shape index (κ2) is 12.7. The van der Waals surface area contributed by atoms with E-state index in [-0.39, 0.29) is 0 Å². The Balaban J connectivity index is 1.11. The van der Waals surface area contributed by atoms with Crippen molar-refractivity contribution in [3.63, 3.8) is 0 Å². The molecule has 10 rings (SSSR count). The Morgan fingerprint density at radius 1 is 0.327 bits per heavy atom. The highest BCUT2D eigenvalue weighted by atomic mass is 32.1. The first-order chi connectivity index (χ1) is 25.8. The van der Waals surface area contributed by atoms with Gasteiger partial charge in [-0.1, -0.05) is 164 Å². The van der Waals surface area contributed by atoms with Crippen LogP contribution in [0.3, 0.4) is 0 Å². The Morgan fingerprint density at radius 2 is 0.865 bits per heavy atom. The van der Waals surface area contributed by atoms with Gasteiger partial charge in [-0.05, 0) is 80.6 Å². The summed E-state index contributed by atoms with van der Waals surface area (Å²) in [7, 11) is 0. The number of benzene rings is 9. The maximum atomic E-state index is 2.42. The van der Waals surface area contributed by atoms with Crippen LogP contribution in [-0.2, 0) is 0 Å². The third-order valence-corrected chi connectivity index (χ3v) is 11.5. The fraction of sp³-hybridized carbons (Fsp3) is 0. The maximum Gasteiger partial charge on any atom is 0.0540 e. The Kier molecular flexibility index (Phi) is 7.41. The molecule has 0 atom stereocenters. The minimum absolute atomic E-state index is 1.12. The molecule has 0 unspecified atom stereocenters. The Bertz CT molecular complexity index is 2870. The van der Waals surface area contributed by atoms with E-state index in [1.54, 1.807) is 0 Å². The number of hydrogen-bond acceptors (Lipinski definition) is 2. The molecule has 0 aliphatic rings. The lowest BCUT2D eigenvalue weighted by Gasteiger charge is -2.27. The first kappa shape index (κ1) is 30.4. The molecule has 9 aromatic carbocycles. The summed E-state index contributed by atoms with van der Waals surface area (Å²) in [5.74, 6) is 0. The van der Waals surface area contributed by atoms with Crippen LogP contribution in [-0.4, -0.2) is 0 Å². The molecule has 0 saturated carbocycles. The van der Waals surface area contributed by atoms with Crippen LogP contribution < -0.4 is 4.90 Å². The lowest BCUT2D eigenvalue weighted by Crippen LogP contribution is -2.10. The van der Waals surface area contributed by atoms with Gasteiger partial charge in [-0.2, -0.15) is 0 Å². The van der Waals surface area contributed by atoms with Crippen LogP contribution in [0.5, 0.6) is 0 Å². The molecule has 0 fully saturated rings. The molecular formula is C50H33NS. The van der Waals surface area contributed by atoms with E-state index in [1.807, 2.05) is 11.3 Å². The van der Waals surface area contributed by atoms with Crippen LogP contribution >= 0.6 is 11.3 Å². The van der Waals surface area contributed by atoms with Crippen LogP contribution in [0.4, 0.5) is 17.1 Å². The molecule has 1 nitrogen and oxygen atoms in total. The van der Waals surface area contributed by atoms with E-state index >= 15 is 0 Å². The lowest BCUT2D eigenvalue weighted by molar-refractivity contribution is 1.30. The zero-order valence-electron chi connectivity index (χ0n) is 28.4. The van der Waals surface area contributed by atoms with Gasteiger partial charge in [-0.3, -0.25) is 0 Å². The first-order valence-corrected chi connectivity index (χ1v) is 18.6. The molecule has 0 aliphatic carbocycles. The molecule has 10 aromatic rings. The van der Waals surface area contributed by atoms with Gasteiger partial charge in [0.25, 0.3) is 0 Å². The molecule has 244 valence electrons. The lowest BCUT2D eigenvalue weighted by atomic mass is 9.95. The monoisotopic (exact) mass is 679 g/mol. The standard InChI is InChI=1S/C50H33NS/c1-3-12-34(13-4-1)35-22-24-36(25-23-35)37-26-28-40(29-27-37)51(48-21-11-17-38-16-7-8-18-42(38)48)41-30-31-44-47-33-46(39-14-5-2-6-15-39)43-19-9-10-20-45(43)50(47)52-49(44)32-41/h1-33H. The SMILES string of the molecule is c1ccc(-c2ccc(-c3ccc(N(c4ccc5c(c4)sc4c6ccccc6c(-c6ccccc6)cc54)c4cccc5ccccc45)cc3)cc2)cc1. The van der Waals surface area contributed by atoms with Crippen molar-refractivity contribution in [1.82, 2.24) is 0 Å². The molecule has 1 aromatic heterocycles. The van der Waals surface area contributed by atoms with Crippen molar-refractivity contribution < 1.29 is 0 Å². The fourth-order valence-corrected chi connectivity index (χ4v) is 8.96. The second-order valence-electron chi connectivity index (χ2n) is 13.3. The van der Waals surface area contributed by atoms with E-state index in [2.05, 4.69) is 205 Å². The second-order valence-corrected chi connectivity index (χ2v) is 14.4. The number of rotatable bonds is 6. The summed E-state index contributed by atoms with van der Waals surface area (Å²) in [6.07, 6.45) is 0. The van der Waals surface area contributed by atoms with E-state index in [1.165, 1.54) is 75.1 Å². The van der Waals surface area contributed by atoms with Crippen molar-refractivity contribution >= 4 is 70.1 Å². The van der Waals surface area contributed by atoms with Gasteiger partial charge in [-0.15, -0.1) is 11.3 Å². The normalized spacial score (nSPS) is 11.5. The first-order valence-electron chi connectivity index (χ1n) is 17.8. The largest absolute Gasteiger partial charge is 0.310 e. The average Bonchev–Trinajstić information content (AvgIpc) is 3.60. The van der Waals surface area contributed by atoms with Crippen LogP contribution in [0.15, 0.2) is 200 Å². The van der Waals surface area contributed by atoms with E-state index in [0.29, 0.717) is 0 Å². The highest BCUT2D eigenvalue weighted by molar-refractivity contribution is 7.26. The third kappa shape index (κ3) is 5.24. The topological polar surface area (TPSA) is 3.24 Å².